The lowest BCUT2D eigenvalue weighted by Crippen LogP contribution is -2.38. The zero-order valence-electron chi connectivity index (χ0n) is 17.8. The summed E-state index contributed by atoms with van der Waals surface area (Å²) in [5, 5.41) is 11.9. The van der Waals surface area contributed by atoms with E-state index in [4.69, 9.17) is 4.52 Å². The molecule has 0 atom stereocenters. The fourth-order valence-corrected chi connectivity index (χ4v) is 2.94. The highest BCUT2D eigenvalue weighted by Crippen LogP contribution is 2.20. The average Bonchev–Trinajstić information content (AvgIpc) is 3.26. The van der Waals surface area contributed by atoms with Crippen molar-refractivity contribution in [2.75, 3.05) is 13.1 Å². The molecule has 0 saturated heterocycles. The number of fused-ring (bicyclic) bond motifs is 1. The topological polar surface area (TPSA) is 91.1 Å². The van der Waals surface area contributed by atoms with Gasteiger partial charge >= 0.3 is 0 Å². The lowest BCUT2D eigenvalue weighted by atomic mass is 9.97. The summed E-state index contributed by atoms with van der Waals surface area (Å²) in [7, 11) is 0. The number of rotatable bonds is 6. The van der Waals surface area contributed by atoms with E-state index >= 15 is 0 Å². The van der Waals surface area contributed by atoms with E-state index in [9.17, 15) is 0 Å². The van der Waals surface area contributed by atoms with Crippen LogP contribution in [0.1, 0.15) is 50.5 Å². The first-order valence-electron chi connectivity index (χ1n) is 9.78. The van der Waals surface area contributed by atoms with Crippen molar-refractivity contribution in [3.05, 3.63) is 47.2 Å². The molecule has 2 heterocycles. The van der Waals surface area contributed by atoms with Crippen LogP contribution in [0.5, 0.6) is 0 Å². The Morgan fingerprint density at radius 3 is 2.72 bits per heavy atom. The largest absolute Gasteiger partial charge is 0.361 e. The second-order valence-electron chi connectivity index (χ2n) is 8.00. The molecule has 7 nitrogen and oxygen atoms in total. The fraction of sp³-hybridized carbons (Fsp3) is 0.476. The van der Waals surface area contributed by atoms with Gasteiger partial charge < -0.3 is 20.1 Å². The highest BCUT2D eigenvalue weighted by molar-refractivity contribution is 14.0. The van der Waals surface area contributed by atoms with E-state index in [2.05, 4.69) is 62.1 Å². The van der Waals surface area contributed by atoms with Crippen LogP contribution in [0.2, 0.25) is 0 Å². The van der Waals surface area contributed by atoms with Crippen LogP contribution in [-0.2, 0) is 18.4 Å². The minimum absolute atomic E-state index is 0. The molecule has 0 saturated carbocycles. The minimum Gasteiger partial charge on any atom is -0.361 e. The molecular weight excluding hydrogens is 479 g/mol. The number of hydrogen-bond donors (Lipinski definition) is 3. The van der Waals surface area contributed by atoms with E-state index in [0.717, 1.165) is 25.5 Å². The summed E-state index contributed by atoms with van der Waals surface area (Å²) in [6.07, 6.45) is 2.99. The van der Waals surface area contributed by atoms with Crippen molar-refractivity contribution in [1.82, 2.24) is 25.8 Å². The second kappa shape index (κ2) is 10.1. The van der Waals surface area contributed by atoms with Crippen molar-refractivity contribution in [2.24, 2.45) is 4.99 Å². The molecule has 0 bridgehead atoms. The molecule has 2 aromatic heterocycles. The Morgan fingerprint density at radius 1 is 1.24 bits per heavy atom. The van der Waals surface area contributed by atoms with Crippen molar-refractivity contribution >= 4 is 40.8 Å². The average molecular weight is 510 g/mol. The Bertz CT molecular complexity index is 954. The molecule has 0 aliphatic rings. The summed E-state index contributed by atoms with van der Waals surface area (Å²) in [5.74, 6) is 1.97. The Kier molecular flexibility index (Phi) is 8.06. The van der Waals surface area contributed by atoms with Crippen LogP contribution in [0, 0.1) is 6.92 Å². The summed E-state index contributed by atoms with van der Waals surface area (Å²) in [4.78, 5) is 12.4. The third kappa shape index (κ3) is 6.19. The smallest absolute Gasteiger partial charge is 0.232 e. The third-order valence-electron chi connectivity index (χ3n) is 4.44. The Balaban J connectivity index is 0.00000300. The molecule has 3 aromatic rings. The molecule has 8 heteroatoms. The number of halogens is 1. The van der Waals surface area contributed by atoms with E-state index in [1.54, 1.807) is 0 Å². The maximum atomic E-state index is 5.33. The van der Waals surface area contributed by atoms with E-state index in [-0.39, 0.29) is 29.4 Å². The molecule has 0 fully saturated rings. The molecule has 158 valence electrons. The zero-order chi connectivity index (χ0) is 20.1. The van der Waals surface area contributed by atoms with Crippen LogP contribution in [0.25, 0.3) is 10.9 Å². The molecular formula is C21H31IN6O. The van der Waals surface area contributed by atoms with Crippen LogP contribution in [-0.4, -0.2) is 34.2 Å². The monoisotopic (exact) mass is 510 g/mol. The standard InChI is InChI=1S/C21H30N6O.HI/c1-6-22-20(25-13-18-26-19(28-27-18)21(3,4)5)23-10-9-15-12-24-17-11-14(2)7-8-16(15)17;/h7-8,11-12,24H,6,9-10,13H2,1-5H3,(H2,22,23,25);1H. The summed E-state index contributed by atoms with van der Waals surface area (Å²) < 4.78 is 5.33. The van der Waals surface area contributed by atoms with Crippen molar-refractivity contribution in [3.63, 3.8) is 0 Å². The van der Waals surface area contributed by atoms with E-state index in [0.29, 0.717) is 18.3 Å². The molecule has 0 radical (unpaired) electrons. The molecule has 29 heavy (non-hydrogen) atoms. The van der Waals surface area contributed by atoms with E-state index in [1.807, 2.05) is 27.7 Å². The van der Waals surface area contributed by atoms with E-state index < -0.39 is 0 Å². The molecule has 0 unspecified atom stereocenters. The van der Waals surface area contributed by atoms with Crippen molar-refractivity contribution < 1.29 is 4.52 Å². The fourth-order valence-electron chi connectivity index (χ4n) is 2.94. The molecule has 0 aliphatic carbocycles. The summed E-state index contributed by atoms with van der Waals surface area (Å²) >= 11 is 0. The van der Waals surface area contributed by atoms with Crippen molar-refractivity contribution in [2.45, 2.75) is 53.0 Å². The van der Waals surface area contributed by atoms with Gasteiger partial charge in [0.05, 0.1) is 0 Å². The summed E-state index contributed by atoms with van der Waals surface area (Å²) in [6, 6.07) is 6.50. The number of aromatic nitrogens is 3. The first-order chi connectivity index (χ1) is 13.4. The second-order valence-corrected chi connectivity index (χ2v) is 8.00. The van der Waals surface area contributed by atoms with Gasteiger partial charge in [0.15, 0.2) is 11.8 Å². The van der Waals surface area contributed by atoms with E-state index in [1.165, 1.54) is 22.0 Å². The quantitative estimate of drug-likeness (QED) is 0.264. The number of nitrogens with zero attached hydrogens (tertiary/aromatic N) is 3. The number of H-pyrrole nitrogens is 1. The molecule has 0 amide bonds. The highest BCUT2D eigenvalue weighted by Gasteiger charge is 2.21. The lowest BCUT2D eigenvalue weighted by Gasteiger charge is -2.11. The number of benzene rings is 1. The number of guanidine groups is 1. The number of aryl methyl sites for hydroxylation is 1. The first kappa shape index (κ1) is 23.2. The minimum atomic E-state index is -0.157. The predicted octanol–water partition coefficient (Wildman–Crippen LogP) is 4.07. The van der Waals surface area contributed by atoms with Crippen molar-refractivity contribution in [1.29, 1.82) is 0 Å². The Hall–Kier alpha value is -2.10. The van der Waals surface area contributed by atoms with Crippen molar-refractivity contribution in [3.8, 4) is 0 Å². The molecule has 1 aromatic carbocycles. The van der Waals surface area contributed by atoms with Gasteiger partial charge in [0, 0.05) is 35.6 Å². The van der Waals surface area contributed by atoms with Crippen LogP contribution in [0.4, 0.5) is 0 Å². The summed E-state index contributed by atoms with van der Waals surface area (Å²) in [5.41, 5.74) is 3.58. The van der Waals surface area contributed by atoms with Crippen LogP contribution in [0.15, 0.2) is 33.9 Å². The van der Waals surface area contributed by atoms with Crippen LogP contribution < -0.4 is 10.6 Å². The lowest BCUT2D eigenvalue weighted by molar-refractivity contribution is 0.318. The zero-order valence-corrected chi connectivity index (χ0v) is 20.1. The number of nitrogens with one attached hydrogen (secondary N) is 3. The van der Waals surface area contributed by atoms with Gasteiger partial charge in [-0.25, -0.2) is 4.99 Å². The number of aromatic amines is 1. The van der Waals surface area contributed by atoms with Crippen LogP contribution >= 0.6 is 24.0 Å². The van der Waals surface area contributed by atoms with Gasteiger partial charge in [-0.3, -0.25) is 0 Å². The third-order valence-corrected chi connectivity index (χ3v) is 4.44. The van der Waals surface area contributed by atoms with Gasteiger partial charge in [-0.2, -0.15) is 4.98 Å². The normalized spacial score (nSPS) is 12.1. The van der Waals surface area contributed by atoms with Gasteiger partial charge in [-0.1, -0.05) is 38.1 Å². The maximum absolute atomic E-state index is 5.33. The van der Waals surface area contributed by atoms with Gasteiger partial charge in [0.1, 0.15) is 6.54 Å². The Morgan fingerprint density at radius 2 is 2.03 bits per heavy atom. The SMILES string of the molecule is CCNC(=NCc1noc(C(C)(C)C)n1)NCCc1c[nH]c2cc(C)ccc12.I. The maximum Gasteiger partial charge on any atom is 0.232 e. The van der Waals surface area contributed by atoms with Gasteiger partial charge in [0.2, 0.25) is 5.89 Å². The number of aliphatic imine (C=N–C) groups is 1. The molecule has 0 aliphatic heterocycles. The first-order valence-corrected chi connectivity index (χ1v) is 9.78. The van der Waals surface area contributed by atoms with Gasteiger partial charge in [0.25, 0.3) is 0 Å². The van der Waals surface area contributed by atoms with Gasteiger partial charge in [-0.05, 0) is 37.5 Å². The summed E-state index contributed by atoms with van der Waals surface area (Å²) in [6.45, 7) is 12.2. The van der Waals surface area contributed by atoms with Crippen LogP contribution in [0.3, 0.4) is 0 Å². The molecule has 0 spiro atoms. The molecule has 3 rings (SSSR count). The Labute approximate surface area is 189 Å². The highest BCUT2D eigenvalue weighted by atomic mass is 127. The molecule has 3 N–H and O–H groups in total. The number of hydrogen-bond acceptors (Lipinski definition) is 4. The predicted molar refractivity (Wildman–Crippen MR) is 128 cm³/mol. The van der Waals surface area contributed by atoms with Gasteiger partial charge in [-0.15, -0.1) is 24.0 Å².